The Kier molecular flexibility index (Phi) is 8.32. The van der Waals surface area contributed by atoms with E-state index in [-0.39, 0.29) is 11.3 Å². The van der Waals surface area contributed by atoms with Gasteiger partial charge in [-0.25, -0.2) is 4.79 Å². The molecule has 2 aromatic carbocycles. The van der Waals surface area contributed by atoms with Crippen LogP contribution in [0.5, 0.6) is 17.2 Å². The lowest BCUT2D eigenvalue weighted by molar-refractivity contribution is -0.111. The Bertz CT molecular complexity index is 998. The maximum Gasteiger partial charge on any atom is 0.387 e. The van der Waals surface area contributed by atoms with E-state index in [9.17, 15) is 35.9 Å². The average Bonchev–Trinajstić information content (AvgIpc) is 2.67. The van der Waals surface area contributed by atoms with Crippen molar-refractivity contribution in [1.82, 2.24) is 0 Å². The highest BCUT2D eigenvalue weighted by atomic mass is 19.3. The van der Waals surface area contributed by atoms with Crippen LogP contribution >= 0.6 is 0 Å². The van der Waals surface area contributed by atoms with Crippen LogP contribution in [-0.2, 0) is 4.79 Å². The zero-order valence-electron chi connectivity index (χ0n) is 15.6. The summed E-state index contributed by atoms with van der Waals surface area (Å²) >= 11 is 0. The molecular formula is C19H13F6NO6. The molecule has 0 aliphatic heterocycles. The van der Waals surface area contributed by atoms with Crippen molar-refractivity contribution in [2.45, 2.75) is 19.8 Å². The van der Waals surface area contributed by atoms with E-state index in [1.54, 1.807) is 0 Å². The third kappa shape index (κ3) is 7.11. The van der Waals surface area contributed by atoms with Crippen LogP contribution in [0, 0.1) is 0 Å². The summed E-state index contributed by atoms with van der Waals surface area (Å²) in [4.78, 5) is 23.3. The number of nitrogens with one attached hydrogen (secondary N) is 1. The first kappa shape index (κ1) is 24.4. The minimum absolute atomic E-state index is 0.0823. The summed E-state index contributed by atoms with van der Waals surface area (Å²) in [5.41, 5.74) is -0.748. The highest BCUT2D eigenvalue weighted by Gasteiger charge is 2.20. The molecule has 32 heavy (non-hydrogen) atoms. The van der Waals surface area contributed by atoms with Gasteiger partial charge in [0.05, 0.1) is 11.3 Å². The van der Waals surface area contributed by atoms with E-state index in [1.165, 1.54) is 24.3 Å². The molecule has 0 saturated carbocycles. The molecule has 172 valence electrons. The van der Waals surface area contributed by atoms with E-state index in [2.05, 4.69) is 19.5 Å². The molecule has 2 aromatic rings. The predicted molar refractivity (Wildman–Crippen MR) is 97.4 cm³/mol. The van der Waals surface area contributed by atoms with E-state index < -0.39 is 54.5 Å². The largest absolute Gasteiger partial charge is 0.478 e. The second kappa shape index (κ2) is 10.9. The molecule has 0 spiro atoms. The van der Waals surface area contributed by atoms with Gasteiger partial charge in [-0.3, -0.25) is 4.79 Å². The second-order valence-corrected chi connectivity index (χ2v) is 5.65. The van der Waals surface area contributed by atoms with Gasteiger partial charge in [0, 0.05) is 17.7 Å². The van der Waals surface area contributed by atoms with Crippen molar-refractivity contribution in [1.29, 1.82) is 0 Å². The summed E-state index contributed by atoms with van der Waals surface area (Å²) < 4.78 is 87.8. The molecule has 0 saturated heterocycles. The van der Waals surface area contributed by atoms with Crippen LogP contribution in [0.25, 0.3) is 6.08 Å². The Morgan fingerprint density at radius 2 is 1.38 bits per heavy atom. The maximum absolute atomic E-state index is 12.7. The molecule has 0 atom stereocenters. The minimum atomic E-state index is -3.49. The zero-order valence-corrected chi connectivity index (χ0v) is 15.6. The molecule has 0 aliphatic carbocycles. The number of alkyl halides is 6. The number of rotatable bonds is 10. The first-order valence-corrected chi connectivity index (χ1v) is 8.40. The summed E-state index contributed by atoms with van der Waals surface area (Å²) in [7, 11) is 0. The topological polar surface area (TPSA) is 94.1 Å². The Hall–Kier alpha value is -3.90. The molecule has 2 N–H and O–H groups in total. The SMILES string of the molecule is O=C(/C=C/c1cc(OC(F)F)c(OC(F)F)cc1OC(F)F)Nc1ccccc1C(=O)O. The number of amides is 1. The lowest BCUT2D eigenvalue weighted by Crippen LogP contribution is -2.12. The van der Waals surface area contributed by atoms with Crippen LogP contribution in [0.4, 0.5) is 32.0 Å². The fourth-order valence-corrected chi connectivity index (χ4v) is 2.38. The summed E-state index contributed by atoms with van der Waals surface area (Å²) in [6.45, 7) is -10.4. The van der Waals surface area contributed by atoms with Gasteiger partial charge in [0.15, 0.2) is 11.5 Å². The van der Waals surface area contributed by atoms with Crippen molar-refractivity contribution in [3.63, 3.8) is 0 Å². The molecule has 1 amide bonds. The second-order valence-electron chi connectivity index (χ2n) is 5.65. The molecule has 0 bridgehead atoms. The van der Waals surface area contributed by atoms with Crippen LogP contribution in [-0.4, -0.2) is 36.8 Å². The van der Waals surface area contributed by atoms with Crippen molar-refractivity contribution in [2.75, 3.05) is 5.32 Å². The van der Waals surface area contributed by atoms with Gasteiger partial charge in [-0.2, -0.15) is 26.3 Å². The monoisotopic (exact) mass is 465 g/mol. The Labute approximate surface area is 175 Å². The fraction of sp³-hybridized carbons (Fsp3) is 0.158. The smallest absolute Gasteiger partial charge is 0.387 e. The first-order chi connectivity index (χ1) is 15.1. The van der Waals surface area contributed by atoms with Gasteiger partial charge in [-0.15, -0.1) is 0 Å². The van der Waals surface area contributed by atoms with Gasteiger partial charge in [0.2, 0.25) is 5.91 Å². The van der Waals surface area contributed by atoms with Crippen molar-refractivity contribution in [3.8, 4) is 17.2 Å². The van der Waals surface area contributed by atoms with E-state index >= 15 is 0 Å². The van der Waals surface area contributed by atoms with Crippen LogP contribution in [0.1, 0.15) is 15.9 Å². The zero-order chi connectivity index (χ0) is 23.8. The molecule has 0 heterocycles. The van der Waals surface area contributed by atoms with Gasteiger partial charge < -0.3 is 24.6 Å². The molecular weight excluding hydrogens is 452 g/mol. The van der Waals surface area contributed by atoms with Gasteiger partial charge in [0.25, 0.3) is 0 Å². The van der Waals surface area contributed by atoms with E-state index in [1.807, 2.05) is 0 Å². The molecule has 2 rings (SSSR count). The Balaban J connectivity index is 2.38. The Morgan fingerprint density at radius 3 is 1.94 bits per heavy atom. The van der Waals surface area contributed by atoms with Crippen LogP contribution in [0.15, 0.2) is 42.5 Å². The molecule has 0 aliphatic rings. The van der Waals surface area contributed by atoms with Crippen molar-refractivity contribution >= 4 is 23.6 Å². The number of aromatic carboxylic acids is 1. The quantitative estimate of drug-likeness (QED) is 0.385. The lowest BCUT2D eigenvalue weighted by Gasteiger charge is -2.15. The summed E-state index contributed by atoms with van der Waals surface area (Å²) in [6, 6.07) is 6.44. The van der Waals surface area contributed by atoms with Gasteiger partial charge >= 0.3 is 25.8 Å². The number of benzene rings is 2. The number of ether oxygens (including phenoxy) is 3. The van der Waals surface area contributed by atoms with E-state index in [0.29, 0.717) is 12.1 Å². The van der Waals surface area contributed by atoms with Crippen LogP contribution in [0.2, 0.25) is 0 Å². The molecule has 0 fully saturated rings. The van der Waals surface area contributed by atoms with E-state index in [0.717, 1.165) is 12.2 Å². The van der Waals surface area contributed by atoms with Gasteiger partial charge in [-0.05, 0) is 24.3 Å². The number of para-hydroxylation sites is 1. The number of carbonyl (C=O) groups excluding carboxylic acids is 1. The van der Waals surface area contributed by atoms with Crippen molar-refractivity contribution in [3.05, 3.63) is 53.6 Å². The fourth-order valence-electron chi connectivity index (χ4n) is 2.38. The number of carboxylic acid groups (broad SMARTS) is 1. The third-order valence-corrected chi connectivity index (χ3v) is 3.55. The summed E-state index contributed by atoms with van der Waals surface area (Å²) in [5.74, 6) is -4.98. The average molecular weight is 465 g/mol. The van der Waals surface area contributed by atoms with Crippen molar-refractivity contribution < 1.29 is 55.2 Å². The highest BCUT2D eigenvalue weighted by molar-refractivity contribution is 6.06. The predicted octanol–water partition coefficient (Wildman–Crippen LogP) is 4.84. The third-order valence-electron chi connectivity index (χ3n) is 3.55. The Morgan fingerprint density at radius 1 is 0.844 bits per heavy atom. The summed E-state index contributed by atoms with van der Waals surface area (Å²) in [6.07, 6.45) is 1.58. The van der Waals surface area contributed by atoms with Gasteiger partial charge in [0.1, 0.15) is 5.75 Å². The number of carboxylic acids is 1. The van der Waals surface area contributed by atoms with Gasteiger partial charge in [-0.1, -0.05) is 12.1 Å². The van der Waals surface area contributed by atoms with Crippen molar-refractivity contribution in [2.24, 2.45) is 0 Å². The normalized spacial score (nSPS) is 11.3. The van der Waals surface area contributed by atoms with Crippen LogP contribution < -0.4 is 19.5 Å². The first-order valence-electron chi connectivity index (χ1n) is 8.40. The number of anilines is 1. The van der Waals surface area contributed by atoms with Crippen LogP contribution in [0.3, 0.4) is 0 Å². The standard InChI is InChI=1S/C19H13F6NO6/c20-17(21)30-12-8-14(32-19(24)25)13(31-18(22)23)7-9(12)5-6-15(27)26-11-4-2-1-3-10(11)16(28)29/h1-8,17-19H,(H,26,27)(H,28,29)/b6-5+. The maximum atomic E-state index is 12.7. The number of hydrogen-bond donors (Lipinski definition) is 2. The molecule has 0 aromatic heterocycles. The minimum Gasteiger partial charge on any atom is -0.478 e. The number of hydrogen-bond acceptors (Lipinski definition) is 5. The molecule has 13 heteroatoms. The number of carbonyl (C=O) groups is 2. The summed E-state index contributed by atoms with van der Waals surface area (Å²) in [5, 5.41) is 11.3. The lowest BCUT2D eigenvalue weighted by atomic mass is 10.1. The van der Waals surface area contributed by atoms with E-state index in [4.69, 9.17) is 5.11 Å². The molecule has 0 radical (unpaired) electrons. The molecule has 0 unspecified atom stereocenters. The number of halogens is 6. The molecule has 7 nitrogen and oxygen atoms in total. The highest BCUT2D eigenvalue weighted by Crippen LogP contribution is 2.38.